The van der Waals surface area contributed by atoms with Crippen molar-refractivity contribution >= 4 is 15.7 Å². The van der Waals surface area contributed by atoms with Gasteiger partial charge in [-0.2, -0.15) is 22.0 Å². The number of fused-ring (bicyclic) bond motifs is 1. The van der Waals surface area contributed by atoms with Crippen molar-refractivity contribution in [2.75, 3.05) is 6.26 Å². The summed E-state index contributed by atoms with van der Waals surface area (Å²) in [4.78, 5) is 12.6. The Labute approximate surface area is 180 Å². The van der Waals surface area contributed by atoms with Gasteiger partial charge in [-0.25, -0.2) is 8.42 Å². The van der Waals surface area contributed by atoms with Crippen LogP contribution in [0.3, 0.4) is 0 Å². The van der Waals surface area contributed by atoms with Crippen molar-refractivity contribution in [2.24, 2.45) is 0 Å². The number of hydrogen-bond acceptors (Lipinski definition) is 4. The fourth-order valence-corrected chi connectivity index (χ4v) is 4.22. The summed E-state index contributed by atoms with van der Waals surface area (Å²) < 4.78 is 101. The Morgan fingerprint density at radius 1 is 1.06 bits per heavy atom. The Bertz CT molecular complexity index is 1280. The minimum absolute atomic E-state index is 0.0842. The highest BCUT2D eigenvalue weighted by molar-refractivity contribution is 7.88. The van der Waals surface area contributed by atoms with Crippen LogP contribution < -0.4 is 15.0 Å². The van der Waals surface area contributed by atoms with Gasteiger partial charge in [0, 0.05) is 23.4 Å². The molecule has 0 bridgehead atoms. The Hall–Kier alpha value is -2.89. The summed E-state index contributed by atoms with van der Waals surface area (Å²) in [5, 5.41) is 0. The van der Waals surface area contributed by atoms with Crippen LogP contribution in [0.15, 0.2) is 47.0 Å². The lowest BCUT2D eigenvalue weighted by molar-refractivity contribution is -0.289. The van der Waals surface area contributed by atoms with Gasteiger partial charge in [0.15, 0.2) is 0 Å². The second-order valence-electron chi connectivity index (χ2n) is 7.80. The molecule has 1 aromatic heterocycles. The number of aromatic nitrogens is 1. The maximum atomic E-state index is 14.3. The molecule has 2 aromatic rings. The normalized spacial score (nSPS) is 16.4. The van der Waals surface area contributed by atoms with Crippen LogP contribution in [-0.2, 0) is 15.9 Å². The first-order chi connectivity index (χ1) is 14.5. The van der Waals surface area contributed by atoms with E-state index in [2.05, 4.69) is 4.72 Å². The maximum Gasteiger partial charge on any atom is 0.458 e. The third-order valence-electron chi connectivity index (χ3n) is 4.91. The molecule has 1 aliphatic heterocycles. The van der Waals surface area contributed by atoms with Gasteiger partial charge in [0.1, 0.15) is 11.4 Å². The lowest BCUT2D eigenvalue weighted by Crippen LogP contribution is -2.45. The Morgan fingerprint density at radius 3 is 2.22 bits per heavy atom. The molecule has 174 valence electrons. The number of nitrogens with zero attached hydrogens (tertiary/aromatic N) is 1. The number of rotatable bonds is 4. The van der Waals surface area contributed by atoms with Crippen molar-refractivity contribution in [2.45, 2.75) is 38.5 Å². The largest absolute Gasteiger partial charge is 0.481 e. The van der Waals surface area contributed by atoms with Crippen molar-refractivity contribution in [1.29, 1.82) is 0 Å². The second kappa shape index (κ2) is 7.32. The van der Waals surface area contributed by atoms with Crippen molar-refractivity contribution in [3.8, 4) is 5.75 Å². The molecule has 0 amide bonds. The fourth-order valence-electron chi connectivity index (χ4n) is 3.50. The first-order valence-corrected chi connectivity index (χ1v) is 11.0. The van der Waals surface area contributed by atoms with E-state index in [-0.39, 0.29) is 22.7 Å². The summed E-state index contributed by atoms with van der Waals surface area (Å²) in [5.74, 6) is -5.28. The van der Waals surface area contributed by atoms with Crippen LogP contribution in [0.5, 0.6) is 5.75 Å². The zero-order valence-corrected chi connectivity index (χ0v) is 18.2. The third-order valence-corrected chi connectivity index (χ3v) is 5.49. The van der Waals surface area contributed by atoms with Crippen LogP contribution in [0.4, 0.5) is 22.0 Å². The van der Waals surface area contributed by atoms with E-state index in [4.69, 9.17) is 4.74 Å². The van der Waals surface area contributed by atoms with Crippen molar-refractivity contribution in [1.82, 2.24) is 9.29 Å². The Morgan fingerprint density at radius 2 is 1.69 bits per heavy atom. The van der Waals surface area contributed by atoms with Crippen LogP contribution in [0, 0.1) is 6.92 Å². The van der Waals surface area contributed by atoms with Crippen molar-refractivity contribution in [3.63, 3.8) is 0 Å². The molecule has 0 unspecified atom stereocenters. The highest BCUT2D eigenvalue weighted by atomic mass is 32.2. The Balaban J connectivity index is 2.49. The molecule has 1 aromatic carbocycles. The molecular formula is C20H19F5N2O4S. The maximum absolute atomic E-state index is 14.3. The molecular weight excluding hydrogens is 459 g/mol. The number of hydrogen-bond donors (Lipinski definition) is 1. The summed E-state index contributed by atoms with van der Waals surface area (Å²) >= 11 is 0. The fraction of sp³-hybridized carbons (Fsp3) is 0.350. The highest BCUT2D eigenvalue weighted by Gasteiger charge is 2.59. The predicted octanol–water partition coefficient (Wildman–Crippen LogP) is 3.75. The number of nitrogens with one attached hydrogen (secondary N) is 1. The van der Waals surface area contributed by atoms with E-state index in [0.29, 0.717) is 6.07 Å². The van der Waals surface area contributed by atoms with Gasteiger partial charge in [-0.05, 0) is 44.5 Å². The molecule has 0 fully saturated rings. The Kier molecular flexibility index (Phi) is 5.44. The third kappa shape index (κ3) is 3.98. The van der Waals surface area contributed by atoms with Crippen molar-refractivity contribution < 1.29 is 35.1 Å². The second-order valence-corrected chi connectivity index (χ2v) is 9.55. The van der Waals surface area contributed by atoms with E-state index >= 15 is 0 Å². The quantitative estimate of drug-likeness (QED) is 0.680. The number of ether oxygens (including phenoxy) is 1. The van der Waals surface area contributed by atoms with E-state index in [0.717, 1.165) is 29.9 Å². The first kappa shape index (κ1) is 23.8. The van der Waals surface area contributed by atoms with E-state index in [9.17, 15) is 35.2 Å². The number of benzene rings is 1. The molecule has 0 atom stereocenters. The number of halogens is 5. The summed E-state index contributed by atoms with van der Waals surface area (Å²) in [7, 11) is -3.96. The molecule has 6 nitrogen and oxygen atoms in total. The van der Waals surface area contributed by atoms with Gasteiger partial charge in [0.25, 0.3) is 5.56 Å². The lowest BCUT2D eigenvalue weighted by Gasteiger charge is -2.38. The minimum Gasteiger partial charge on any atom is -0.481 e. The zero-order valence-electron chi connectivity index (χ0n) is 17.3. The van der Waals surface area contributed by atoms with Gasteiger partial charge >= 0.3 is 12.1 Å². The van der Waals surface area contributed by atoms with Crippen molar-refractivity contribution in [3.05, 3.63) is 69.3 Å². The summed E-state index contributed by atoms with van der Waals surface area (Å²) in [6, 6.07) is 5.52. The standard InChI is InChI=1S/C20H19F5N2O4S/c1-11-12(19(21,22)20(23,24)25)8-9-13-15(11)16(27-10-6-5-7-14(27)28)17(18(2,3)31-13)26-32(4,29)30/h5-10,26H,1-4H3. The van der Waals surface area contributed by atoms with E-state index < -0.39 is 44.4 Å². The molecule has 3 rings (SSSR count). The van der Waals surface area contributed by atoms with Gasteiger partial charge in [-0.3, -0.25) is 14.1 Å². The van der Waals surface area contributed by atoms with Gasteiger partial charge < -0.3 is 4.74 Å². The monoisotopic (exact) mass is 478 g/mol. The van der Waals surface area contributed by atoms with Crippen LogP contribution in [0.1, 0.15) is 30.5 Å². The highest BCUT2D eigenvalue weighted by Crippen LogP contribution is 2.49. The molecule has 12 heteroatoms. The molecule has 1 N–H and O–H groups in total. The molecule has 2 heterocycles. The summed E-state index contributed by atoms with van der Waals surface area (Å²) in [6.07, 6.45) is -3.79. The molecule has 0 saturated heterocycles. The summed E-state index contributed by atoms with van der Waals surface area (Å²) in [6.45, 7) is 3.96. The number of sulfonamides is 1. The number of alkyl halides is 5. The smallest absolute Gasteiger partial charge is 0.458 e. The minimum atomic E-state index is -5.87. The topological polar surface area (TPSA) is 77.4 Å². The first-order valence-electron chi connectivity index (χ1n) is 9.16. The van der Waals surface area contributed by atoms with E-state index in [1.54, 1.807) is 0 Å². The van der Waals surface area contributed by atoms with Crippen LogP contribution >= 0.6 is 0 Å². The van der Waals surface area contributed by atoms with Crippen LogP contribution in [-0.4, -0.2) is 31.0 Å². The van der Waals surface area contributed by atoms with E-state index in [1.165, 1.54) is 32.2 Å². The predicted molar refractivity (Wildman–Crippen MR) is 107 cm³/mol. The SMILES string of the molecule is Cc1c(C(F)(F)C(F)(F)F)ccc2c1C(n1ccccc1=O)=C(NS(C)(=O)=O)C(C)(C)O2. The molecule has 0 aliphatic carbocycles. The summed E-state index contributed by atoms with van der Waals surface area (Å²) in [5.41, 5.74) is -4.59. The van der Waals surface area contributed by atoms with Gasteiger partial charge in [-0.1, -0.05) is 6.07 Å². The van der Waals surface area contributed by atoms with Gasteiger partial charge in [0.2, 0.25) is 10.0 Å². The van der Waals surface area contributed by atoms with Gasteiger partial charge in [0.05, 0.1) is 17.6 Å². The molecule has 0 radical (unpaired) electrons. The van der Waals surface area contributed by atoms with Crippen LogP contribution in [0.25, 0.3) is 5.70 Å². The molecule has 1 aliphatic rings. The van der Waals surface area contributed by atoms with E-state index in [1.807, 2.05) is 0 Å². The average Bonchev–Trinajstić information content (AvgIpc) is 2.61. The van der Waals surface area contributed by atoms with Gasteiger partial charge in [-0.15, -0.1) is 0 Å². The average molecular weight is 478 g/mol. The van der Waals surface area contributed by atoms with Crippen LogP contribution in [0.2, 0.25) is 0 Å². The molecule has 0 spiro atoms. The number of pyridine rings is 1. The molecule has 32 heavy (non-hydrogen) atoms. The lowest BCUT2D eigenvalue weighted by atomic mass is 9.89. The zero-order chi connectivity index (χ0) is 24.3. The molecule has 0 saturated carbocycles.